The molecule has 3 rings (SSSR count). The summed E-state index contributed by atoms with van der Waals surface area (Å²) in [7, 11) is 0. The molecule has 2 nitrogen and oxygen atoms in total. The molecular formula is C14H15BrN2S. The fourth-order valence-corrected chi connectivity index (χ4v) is 4.26. The number of aryl methyl sites for hydroxylation is 1. The van der Waals surface area contributed by atoms with Gasteiger partial charge in [-0.15, -0.1) is 11.3 Å². The Bertz CT molecular complexity index is 565. The molecule has 2 aromatic rings. The minimum absolute atomic E-state index is 0.644. The maximum atomic E-state index is 5.78. The lowest BCUT2D eigenvalue weighted by Gasteiger charge is -2.18. The standard InChI is InChI=1S/C14H15BrN2S/c15-11-4-2-1-3-10(11)14-17-12-6-5-9(8-16)7-13(12)18-14/h1-4,9H,5-8,16H2. The molecule has 0 saturated heterocycles. The number of fused-ring (bicyclic) bond motifs is 1. The van der Waals surface area contributed by atoms with Crippen LogP contribution in [0.4, 0.5) is 0 Å². The summed E-state index contributed by atoms with van der Waals surface area (Å²) >= 11 is 5.42. The number of nitrogens with two attached hydrogens (primary N) is 1. The van der Waals surface area contributed by atoms with Gasteiger partial charge in [-0.2, -0.15) is 0 Å². The van der Waals surface area contributed by atoms with Gasteiger partial charge in [0.15, 0.2) is 0 Å². The molecule has 0 bridgehead atoms. The molecule has 1 aliphatic carbocycles. The van der Waals surface area contributed by atoms with Crippen LogP contribution in [0.15, 0.2) is 28.7 Å². The van der Waals surface area contributed by atoms with E-state index in [0.717, 1.165) is 28.9 Å². The van der Waals surface area contributed by atoms with Crippen LogP contribution in [0, 0.1) is 5.92 Å². The van der Waals surface area contributed by atoms with Crippen LogP contribution in [0.1, 0.15) is 17.0 Å². The normalized spacial score (nSPS) is 18.7. The van der Waals surface area contributed by atoms with Crippen molar-refractivity contribution in [3.8, 4) is 10.6 Å². The van der Waals surface area contributed by atoms with Gasteiger partial charge in [-0.1, -0.05) is 34.1 Å². The fraction of sp³-hybridized carbons (Fsp3) is 0.357. The molecular weight excluding hydrogens is 308 g/mol. The Labute approximate surface area is 119 Å². The average Bonchev–Trinajstić information content (AvgIpc) is 2.81. The highest BCUT2D eigenvalue weighted by Crippen LogP contribution is 2.36. The van der Waals surface area contributed by atoms with Crippen LogP contribution in [0.2, 0.25) is 0 Å². The van der Waals surface area contributed by atoms with E-state index in [1.54, 1.807) is 0 Å². The van der Waals surface area contributed by atoms with Gasteiger partial charge in [0, 0.05) is 14.9 Å². The average molecular weight is 323 g/mol. The summed E-state index contributed by atoms with van der Waals surface area (Å²) in [6, 6.07) is 8.28. The summed E-state index contributed by atoms with van der Waals surface area (Å²) in [5, 5.41) is 1.13. The Kier molecular flexibility index (Phi) is 3.50. The van der Waals surface area contributed by atoms with Crippen LogP contribution >= 0.6 is 27.3 Å². The lowest BCUT2D eigenvalue weighted by Crippen LogP contribution is -2.21. The molecule has 1 atom stereocenters. The Morgan fingerprint density at radius 1 is 1.39 bits per heavy atom. The van der Waals surface area contributed by atoms with E-state index in [1.165, 1.54) is 22.6 Å². The van der Waals surface area contributed by atoms with E-state index in [-0.39, 0.29) is 0 Å². The molecule has 2 N–H and O–H groups in total. The van der Waals surface area contributed by atoms with Crippen molar-refractivity contribution in [2.75, 3.05) is 6.54 Å². The molecule has 18 heavy (non-hydrogen) atoms. The SMILES string of the molecule is NCC1CCc2nc(-c3ccccc3Br)sc2C1. The summed E-state index contributed by atoms with van der Waals surface area (Å²) in [6.45, 7) is 0.793. The number of rotatable bonds is 2. The number of aromatic nitrogens is 1. The van der Waals surface area contributed by atoms with Crippen molar-refractivity contribution in [1.29, 1.82) is 0 Å². The first kappa shape index (κ1) is 12.3. The maximum absolute atomic E-state index is 5.78. The molecule has 1 heterocycles. The number of hydrogen-bond acceptors (Lipinski definition) is 3. The number of halogens is 1. The van der Waals surface area contributed by atoms with Crippen molar-refractivity contribution in [1.82, 2.24) is 4.98 Å². The van der Waals surface area contributed by atoms with E-state index in [4.69, 9.17) is 10.7 Å². The highest BCUT2D eigenvalue weighted by molar-refractivity contribution is 9.10. The Morgan fingerprint density at radius 2 is 2.22 bits per heavy atom. The first-order valence-electron chi connectivity index (χ1n) is 6.21. The van der Waals surface area contributed by atoms with Gasteiger partial charge >= 0.3 is 0 Å². The highest BCUT2D eigenvalue weighted by atomic mass is 79.9. The Balaban J connectivity index is 1.97. The quantitative estimate of drug-likeness (QED) is 0.916. The molecule has 1 unspecified atom stereocenters. The summed E-state index contributed by atoms with van der Waals surface area (Å²) < 4.78 is 1.12. The minimum atomic E-state index is 0.644. The molecule has 0 amide bonds. The summed E-state index contributed by atoms with van der Waals surface area (Å²) in [5.74, 6) is 0.644. The zero-order chi connectivity index (χ0) is 12.5. The molecule has 0 aliphatic heterocycles. The van der Waals surface area contributed by atoms with Crippen LogP contribution in [-0.4, -0.2) is 11.5 Å². The van der Waals surface area contributed by atoms with E-state index in [1.807, 2.05) is 17.4 Å². The second-order valence-electron chi connectivity index (χ2n) is 4.71. The predicted molar refractivity (Wildman–Crippen MR) is 79.8 cm³/mol. The maximum Gasteiger partial charge on any atom is 0.125 e. The van der Waals surface area contributed by atoms with E-state index < -0.39 is 0 Å². The highest BCUT2D eigenvalue weighted by Gasteiger charge is 2.22. The van der Waals surface area contributed by atoms with Crippen molar-refractivity contribution in [2.45, 2.75) is 19.3 Å². The van der Waals surface area contributed by atoms with Crippen molar-refractivity contribution in [3.05, 3.63) is 39.3 Å². The summed E-state index contributed by atoms with van der Waals surface area (Å²) in [6.07, 6.45) is 3.37. The number of hydrogen-bond donors (Lipinski definition) is 1. The monoisotopic (exact) mass is 322 g/mol. The molecule has 1 aliphatic rings. The van der Waals surface area contributed by atoms with E-state index >= 15 is 0 Å². The second kappa shape index (κ2) is 5.11. The van der Waals surface area contributed by atoms with Gasteiger partial charge in [0.05, 0.1) is 5.69 Å². The van der Waals surface area contributed by atoms with Crippen molar-refractivity contribution in [2.24, 2.45) is 11.7 Å². The van der Waals surface area contributed by atoms with E-state index in [0.29, 0.717) is 5.92 Å². The number of nitrogens with zero attached hydrogens (tertiary/aromatic N) is 1. The Hall–Kier alpha value is -0.710. The Morgan fingerprint density at radius 3 is 3.00 bits per heavy atom. The lowest BCUT2D eigenvalue weighted by molar-refractivity contribution is 0.470. The van der Waals surface area contributed by atoms with Gasteiger partial charge in [-0.05, 0) is 37.8 Å². The van der Waals surface area contributed by atoms with Gasteiger partial charge in [-0.3, -0.25) is 0 Å². The first-order valence-corrected chi connectivity index (χ1v) is 7.82. The van der Waals surface area contributed by atoms with E-state index in [9.17, 15) is 0 Å². The smallest absolute Gasteiger partial charge is 0.125 e. The molecule has 0 radical (unpaired) electrons. The van der Waals surface area contributed by atoms with Crippen LogP contribution in [-0.2, 0) is 12.8 Å². The number of thiazole rings is 1. The molecule has 0 spiro atoms. The zero-order valence-electron chi connectivity index (χ0n) is 10.0. The molecule has 0 fully saturated rings. The molecule has 1 aromatic carbocycles. The van der Waals surface area contributed by atoms with Crippen LogP contribution < -0.4 is 5.73 Å². The zero-order valence-corrected chi connectivity index (χ0v) is 12.4. The van der Waals surface area contributed by atoms with Gasteiger partial charge < -0.3 is 5.73 Å². The van der Waals surface area contributed by atoms with Crippen LogP contribution in [0.5, 0.6) is 0 Å². The summed E-state index contributed by atoms with van der Waals surface area (Å²) in [4.78, 5) is 6.23. The largest absolute Gasteiger partial charge is 0.330 e. The van der Waals surface area contributed by atoms with Crippen LogP contribution in [0.25, 0.3) is 10.6 Å². The number of benzene rings is 1. The topological polar surface area (TPSA) is 38.9 Å². The first-order chi connectivity index (χ1) is 8.78. The molecule has 94 valence electrons. The molecule has 4 heteroatoms. The third-order valence-corrected chi connectivity index (χ3v) is 5.32. The van der Waals surface area contributed by atoms with Gasteiger partial charge in [0.1, 0.15) is 5.01 Å². The molecule has 0 saturated carbocycles. The van der Waals surface area contributed by atoms with Gasteiger partial charge in [-0.25, -0.2) is 4.98 Å². The predicted octanol–water partition coefficient (Wildman–Crippen LogP) is 3.64. The van der Waals surface area contributed by atoms with Crippen molar-refractivity contribution >= 4 is 27.3 Å². The van der Waals surface area contributed by atoms with Crippen molar-refractivity contribution in [3.63, 3.8) is 0 Å². The van der Waals surface area contributed by atoms with Gasteiger partial charge in [0.25, 0.3) is 0 Å². The second-order valence-corrected chi connectivity index (χ2v) is 6.65. The molecule has 1 aromatic heterocycles. The summed E-state index contributed by atoms with van der Waals surface area (Å²) in [5.41, 5.74) is 8.26. The van der Waals surface area contributed by atoms with Gasteiger partial charge in [0.2, 0.25) is 0 Å². The van der Waals surface area contributed by atoms with E-state index in [2.05, 4.69) is 34.1 Å². The lowest BCUT2D eigenvalue weighted by atomic mass is 9.91. The van der Waals surface area contributed by atoms with Crippen LogP contribution in [0.3, 0.4) is 0 Å². The minimum Gasteiger partial charge on any atom is -0.330 e. The van der Waals surface area contributed by atoms with Crippen molar-refractivity contribution < 1.29 is 0 Å². The fourth-order valence-electron chi connectivity index (χ4n) is 2.39. The third kappa shape index (κ3) is 2.25. The third-order valence-electron chi connectivity index (χ3n) is 3.48.